The Labute approximate surface area is 219 Å². The summed E-state index contributed by atoms with van der Waals surface area (Å²) in [6.07, 6.45) is 7.60. The lowest BCUT2D eigenvalue weighted by Gasteiger charge is -2.33. The average molecular weight is 519 g/mol. The van der Waals surface area contributed by atoms with Crippen LogP contribution in [0.3, 0.4) is 0 Å². The van der Waals surface area contributed by atoms with Gasteiger partial charge in [-0.15, -0.1) is 10.2 Å². The van der Waals surface area contributed by atoms with Gasteiger partial charge in [-0.25, -0.2) is 9.97 Å². The van der Waals surface area contributed by atoms with Gasteiger partial charge >= 0.3 is 0 Å². The highest BCUT2D eigenvalue weighted by Crippen LogP contribution is 2.26. The highest BCUT2D eigenvalue weighted by atomic mass is 35.5. The van der Waals surface area contributed by atoms with Crippen LogP contribution in [0.2, 0.25) is 5.02 Å². The summed E-state index contributed by atoms with van der Waals surface area (Å²) in [4.78, 5) is 15.7. The zero-order chi connectivity index (χ0) is 26.0. The molecule has 0 bridgehead atoms. The Morgan fingerprint density at radius 3 is 2.70 bits per heavy atom. The van der Waals surface area contributed by atoms with Crippen molar-refractivity contribution in [1.82, 2.24) is 29.5 Å². The number of aliphatic hydroxyl groups is 1. The minimum Gasteiger partial charge on any atom is -0.390 e. The molecule has 11 nitrogen and oxygen atoms in total. The maximum Gasteiger partial charge on any atom is 0.229 e. The van der Waals surface area contributed by atoms with Crippen LogP contribution in [0.4, 0.5) is 23.3 Å². The number of imidazole rings is 1. The minimum atomic E-state index is -0.825. The van der Waals surface area contributed by atoms with E-state index in [1.54, 1.807) is 26.1 Å². The lowest BCUT2D eigenvalue weighted by Crippen LogP contribution is -2.39. The predicted molar refractivity (Wildman–Crippen MR) is 141 cm³/mol. The Morgan fingerprint density at radius 2 is 2.00 bits per heavy atom. The first-order valence-corrected chi connectivity index (χ1v) is 12.4. The van der Waals surface area contributed by atoms with Crippen molar-refractivity contribution in [3.63, 3.8) is 0 Å². The molecule has 1 aliphatic heterocycles. The molecule has 1 fully saturated rings. The molecular weight excluding hydrogens is 492 g/mol. The number of rotatable bonds is 7. The van der Waals surface area contributed by atoms with Crippen LogP contribution in [0.25, 0.3) is 5.65 Å². The number of piperidine rings is 1. The number of hydrogen-bond donors (Lipinski definition) is 3. The van der Waals surface area contributed by atoms with E-state index in [4.69, 9.17) is 16.9 Å². The van der Waals surface area contributed by atoms with Gasteiger partial charge < -0.3 is 25.0 Å². The van der Waals surface area contributed by atoms with Crippen LogP contribution in [-0.4, -0.2) is 59.4 Å². The number of fused-ring (bicyclic) bond motifs is 1. The summed E-state index contributed by atoms with van der Waals surface area (Å²) < 4.78 is 1.91. The monoisotopic (exact) mass is 518 g/mol. The van der Waals surface area contributed by atoms with Gasteiger partial charge in [0.15, 0.2) is 17.3 Å². The maximum atomic E-state index is 10.1. The molecule has 0 atom stereocenters. The number of halogens is 1. The molecule has 0 amide bonds. The van der Waals surface area contributed by atoms with E-state index < -0.39 is 5.60 Å². The molecule has 3 N–H and O–H groups in total. The zero-order valence-electron chi connectivity index (χ0n) is 20.6. The molecule has 0 spiro atoms. The third kappa shape index (κ3) is 6.04. The molecule has 4 aromatic rings. The van der Waals surface area contributed by atoms with Gasteiger partial charge in [-0.05, 0) is 44.9 Å². The van der Waals surface area contributed by atoms with Crippen LogP contribution in [-0.2, 0) is 6.42 Å². The number of anilines is 4. The van der Waals surface area contributed by atoms with Gasteiger partial charge in [0.2, 0.25) is 5.95 Å². The molecule has 5 heterocycles. The van der Waals surface area contributed by atoms with Crippen LogP contribution in [0.1, 0.15) is 38.1 Å². The summed E-state index contributed by atoms with van der Waals surface area (Å²) in [6, 6.07) is 9.50. The van der Waals surface area contributed by atoms with Crippen LogP contribution in [0.5, 0.6) is 0 Å². The average Bonchev–Trinajstić information content (AvgIpc) is 3.26. The quantitative estimate of drug-likeness (QED) is 0.332. The fraction of sp³-hybridized carbons (Fsp3) is 0.360. The molecule has 4 aromatic heterocycles. The van der Waals surface area contributed by atoms with Crippen molar-refractivity contribution >= 4 is 40.5 Å². The molecule has 0 saturated carbocycles. The number of aromatic nitrogens is 6. The van der Waals surface area contributed by atoms with Gasteiger partial charge in [0.1, 0.15) is 16.7 Å². The summed E-state index contributed by atoms with van der Waals surface area (Å²) in [7, 11) is 0. The van der Waals surface area contributed by atoms with Crippen molar-refractivity contribution in [3.8, 4) is 6.07 Å². The smallest absolute Gasteiger partial charge is 0.229 e. The van der Waals surface area contributed by atoms with Crippen LogP contribution in [0, 0.1) is 11.3 Å². The molecule has 0 unspecified atom stereocenters. The second-order valence-electron chi connectivity index (χ2n) is 9.71. The summed E-state index contributed by atoms with van der Waals surface area (Å²) >= 11 is 6.40. The summed E-state index contributed by atoms with van der Waals surface area (Å²) in [5.74, 6) is 1.76. The topological polar surface area (TPSA) is 140 Å². The Hall–Kier alpha value is -4.01. The van der Waals surface area contributed by atoms with Crippen LogP contribution in [0.15, 0.2) is 42.9 Å². The Kier molecular flexibility index (Phi) is 6.78. The van der Waals surface area contributed by atoms with Crippen LogP contribution >= 0.6 is 11.6 Å². The maximum absolute atomic E-state index is 10.1. The lowest BCUT2D eigenvalue weighted by molar-refractivity contribution is 0.0801. The van der Waals surface area contributed by atoms with E-state index in [0.29, 0.717) is 28.9 Å². The molecule has 190 valence electrons. The standard InChI is InChI=1S/C25H27ClN10O/c1-25(2,37)12-19-15-36-10-7-17(11-22(36)29-19)31-24-28-14-20(26)23(32-24)30-16-5-8-35(9-6-16)21-4-3-18(13-27)33-34-21/h3-4,7,10-11,14-16,37H,5-6,8-9,12H2,1-2H3,(H2,28,30,31,32). The molecule has 12 heteroatoms. The van der Waals surface area contributed by atoms with Crippen LogP contribution < -0.4 is 15.5 Å². The predicted octanol–water partition coefficient (Wildman–Crippen LogP) is 3.58. The van der Waals surface area contributed by atoms with Gasteiger partial charge in [0.25, 0.3) is 0 Å². The first kappa shape index (κ1) is 24.7. The van der Waals surface area contributed by atoms with E-state index in [1.165, 1.54) is 0 Å². The van der Waals surface area contributed by atoms with E-state index in [0.717, 1.165) is 48.8 Å². The van der Waals surface area contributed by atoms with Crippen molar-refractivity contribution < 1.29 is 5.11 Å². The zero-order valence-corrected chi connectivity index (χ0v) is 21.3. The highest BCUT2D eigenvalue weighted by molar-refractivity contribution is 6.32. The van der Waals surface area contributed by atoms with Gasteiger partial charge in [0, 0.05) is 49.7 Å². The van der Waals surface area contributed by atoms with E-state index >= 15 is 0 Å². The third-order valence-corrected chi connectivity index (χ3v) is 6.33. The molecule has 5 rings (SSSR count). The Bertz CT molecular complexity index is 1430. The largest absolute Gasteiger partial charge is 0.390 e. The van der Waals surface area contributed by atoms with E-state index in [2.05, 4.69) is 40.7 Å². The molecule has 37 heavy (non-hydrogen) atoms. The summed E-state index contributed by atoms with van der Waals surface area (Å²) in [6.45, 7) is 5.12. The van der Waals surface area contributed by atoms with Gasteiger partial charge in [-0.1, -0.05) is 11.6 Å². The number of nitrogens with one attached hydrogen (secondary N) is 2. The molecule has 0 aromatic carbocycles. The first-order chi connectivity index (χ1) is 17.8. The van der Waals surface area contributed by atoms with Crippen molar-refractivity contribution in [2.24, 2.45) is 0 Å². The molecule has 1 saturated heterocycles. The van der Waals surface area contributed by atoms with Gasteiger partial charge in [-0.3, -0.25) is 0 Å². The van der Waals surface area contributed by atoms with Crippen molar-refractivity contribution in [3.05, 3.63) is 59.3 Å². The normalized spacial score (nSPS) is 14.5. The van der Waals surface area contributed by atoms with Crippen molar-refractivity contribution in [1.29, 1.82) is 5.26 Å². The second-order valence-corrected chi connectivity index (χ2v) is 10.1. The summed E-state index contributed by atoms with van der Waals surface area (Å²) in [5.41, 5.74) is 1.85. The van der Waals surface area contributed by atoms with Gasteiger partial charge in [-0.2, -0.15) is 10.2 Å². The SMILES string of the molecule is CC(C)(O)Cc1cn2ccc(Nc3ncc(Cl)c(NC4CCN(c5ccc(C#N)nn5)CC4)n3)cc2n1. The lowest BCUT2D eigenvalue weighted by atomic mass is 10.0. The first-order valence-electron chi connectivity index (χ1n) is 12.0. The Balaban J connectivity index is 1.22. The fourth-order valence-corrected chi connectivity index (χ4v) is 4.44. The number of nitriles is 1. The van der Waals surface area contributed by atoms with Crippen molar-refractivity contribution in [2.45, 2.75) is 44.8 Å². The number of pyridine rings is 1. The molecule has 0 radical (unpaired) electrons. The van der Waals surface area contributed by atoms with Crippen molar-refractivity contribution in [2.75, 3.05) is 28.6 Å². The minimum absolute atomic E-state index is 0.193. The van der Waals surface area contributed by atoms with E-state index in [-0.39, 0.29) is 6.04 Å². The number of nitrogens with zero attached hydrogens (tertiary/aromatic N) is 8. The van der Waals surface area contributed by atoms with E-state index in [1.807, 2.05) is 41.1 Å². The number of hydrogen-bond acceptors (Lipinski definition) is 10. The van der Waals surface area contributed by atoms with E-state index in [9.17, 15) is 5.11 Å². The molecule has 1 aliphatic rings. The summed E-state index contributed by atoms with van der Waals surface area (Å²) in [5, 5.41) is 34.2. The highest BCUT2D eigenvalue weighted by Gasteiger charge is 2.22. The second kappa shape index (κ2) is 10.2. The molecular formula is C25H27ClN10O. The molecule has 0 aliphatic carbocycles. The third-order valence-electron chi connectivity index (χ3n) is 6.05. The Morgan fingerprint density at radius 1 is 1.19 bits per heavy atom. The fourth-order valence-electron chi connectivity index (χ4n) is 4.30. The van der Waals surface area contributed by atoms with Gasteiger partial charge in [0.05, 0.1) is 17.5 Å².